The second kappa shape index (κ2) is 3.90. The fourth-order valence-corrected chi connectivity index (χ4v) is 4.28. The lowest BCUT2D eigenvalue weighted by molar-refractivity contribution is 0.246. The number of anilines is 1. The first-order valence-corrected chi connectivity index (χ1v) is 6.90. The second-order valence-electron chi connectivity index (χ2n) is 5.64. The van der Waals surface area contributed by atoms with Gasteiger partial charge in [0.2, 0.25) is 0 Å². The van der Waals surface area contributed by atoms with Crippen molar-refractivity contribution in [3.8, 4) is 6.07 Å². The summed E-state index contributed by atoms with van der Waals surface area (Å²) in [6, 6.07) is 11.1. The number of alkyl halides is 1. The molecule has 94 valence electrons. The zero-order valence-electron chi connectivity index (χ0n) is 10.7. The molecule has 3 rings (SSSR count). The lowest BCUT2D eigenvalue weighted by Gasteiger charge is -2.45. The summed E-state index contributed by atoms with van der Waals surface area (Å²) in [6.07, 6.45) is 1.83. The molecule has 0 radical (unpaired) electrons. The van der Waals surface area contributed by atoms with Gasteiger partial charge in [0.1, 0.15) is 0 Å². The molecule has 1 aromatic carbocycles. The van der Waals surface area contributed by atoms with Gasteiger partial charge < -0.3 is 4.90 Å². The smallest absolute Gasteiger partial charge is 0.0677 e. The van der Waals surface area contributed by atoms with E-state index in [-0.39, 0.29) is 22.8 Å². The predicted molar refractivity (Wildman–Crippen MR) is 74.0 cm³/mol. The van der Waals surface area contributed by atoms with Crippen LogP contribution in [0.25, 0.3) is 0 Å². The molecule has 3 heteroatoms. The maximum Gasteiger partial charge on any atom is 0.0677 e. The van der Waals surface area contributed by atoms with Crippen LogP contribution in [0.3, 0.4) is 0 Å². The minimum atomic E-state index is -0.106. The highest BCUT2D eigenvalue weighted by Gasteiger charge is 2.56. The average Bonchev–Trinajstić information content (AvgIpc) is 2.63. The number of nitriles is 1. The Bertz CT molecular complexity index is 521. The van der Waals surface area contributed by atoms with Gasteiger partial charge in [0.05, 0.1) is 18.0 Å². The van der Waals surface area contributed by atoms with Crippen LogP contribution in [0.2, 0.25) is 0 Å². The molecule has 0 spiro atoms. The highest BCUT2D eigenvalue weighted by Crippen LogP contribution is 2.54. The van der Waals surface area contributed by atoms with Gasteiger partial charge in [-0.3, -0.25) is 0 Å². The molecule has 1 heterocycles. The average molecular weight is 261 g/mol. The van der Waals surface area contributed by atoms with Gasteiger partial charge in [-0.15, -0.1) is 11.6 Å². The van der Waals surface area contributed by atoms with Crippen molar-refractivity contribution in [2.24, 2.45) is 5.92 Å². The Morgan fingerprint density at radius 2 is 2.11 bits per heavy atom. The van der Waals surface area contributed by atoms with Crippen LogP contribution in [-0.2, 0) is 5.41 Å². The van der Waals surface area contributed by atoms with E-state index in [0.717, 1.165) is 12.8 Å². The van der Waals surface area contributed by atoms with E-state index in [1.54, 1.807) is 0 Å². The Morgan fingerprint density at radius 1 is 1.39 bits per heavy atom. The third-order valence-corrected chi connectivity index (χ3v) is 5.50. The lowest BCUT2D eigenvalue weighted by Crippen LogP contribution is -2.54. The second-order valence-corrected chi connectivity index (χ2v) is 6.16. The van der Waals surface area contributed by atoms with Crippen LogP contribution < -0.4 is 4.90 Å². The predicted octanol–water partition coefficient (Wildman–Crippen LogP) is 3.30. The Balaban J connectivity index is 2.19. The van der Waals surface area contributed by atoms with E-state index in [2.05, 4.69) is 49.2 Å². The fraction of sp³-hybridized carbons (Fsp3) is 0.533. The zero-order chi connectivity index (χ0) is 12.9. The van der Waals surface area contributed by atoms with Gasteiger partial charge in [-0.25, -0.2) is 0 Å². The summed E-state index contributed by atoms with van der Waals surface area (Å²) >= 11 is 6.64. The summed E-state index contributed by atoms with van der Waals surface area (Å²) in [5.41, 5.74) is 2.43. The summed E-state index contributed by atoms with van der Waals surface area (Å²) in [5.74, 6) is 0.0717. The third-order valence-electron chi connectivity index (χ3n) is 4.82. The number of para-hydroxylation sites is 1. The van der Waals surface area contributed by atoms with Crippen molar-refractivity contribution in [3.05, 3.63) is 29.8 Å². The molecule has 0 bridgehead atoms. The van der Waals surface area contributed by atoms with E-state index in [0.29, 0.717) is 0 Å². The maximum atomic E-state index is 9.42. The van der Waals surface area contributed by atoms with Gasteiger partial charge in [-0.1, -0.05) is 25.1 Å². The van der Waals surface area contributed by atoms with Crippen LogP contribution in [0.1, 0.15) is 25.3 Å². The lowest BCUT2D eigenvalue weighted by atomic mass is 9.65. The van der Waals surface area contributed by atoms with Crippen LogP contribution in [0.4, 0.5) is 5.69 Å². The Labute approximate surface area is 113 Å². The van der Waals surface area contributed by atoms with Crippen molar-refractivity contribution >= 4 is 17.3 Å². The molecule has 1 fully saturated rings. The molecule has 0 unspecified atom stereocenters. The number of hydrogen-bond donors (Lipinski definition) is 0. The maximum absolute atomic E-state index is 9.42. The Kier molecular flexibility index (Phi) is 2.57. The molecule has 2 aliphatic rings. The van der Waals surface area contributed by atoms with Gasteiger partial charge >= 0.3 is 0 Å². The topological polar surface area (TPSA) is 27.0 Å². The van der Waals surface area contributed by atoms with Gasteiger partial charge in [-0.05, 0) is 24.5 Å². The van der Waals surface area contributed by atoms with Gasteiger partial charge in [0, 0.05) is 23.5 Å². The van der Waals surface area contributed by atoms with E-state index in [9.17, 15) is 5.26 Å². The molecule has 4 atom stereocenters. The minimum absolute atomic E-state index is 0.0717. The first-order chi connectivity index (χ1) is 8.60. The SMILES string of the molecule is CN1c2ccccc2[C@@]2(C)[C@@H]1[C@H](C#N)CC[C@@H]2Cl. The molecular formula is C15H17ClN2. The van der Waals surface area contributed by atoms with Crippen LogP contribution in [0.5, 0.6) is 0 Å². The van der Waals surface area contributed by atoms with E-state index in [1.165, 1.54) is 11.3 Å². The number of halogens is 1. The van der Waals surface area contributed by atoms with Gasteiger partial charge in [0.15, 0.2) is 0 Å². The van der Waals surface area contributed by atoms with Crippen LogP contribution >= 0.6 is 11.6 Å². The van der Waals surface area contributed by atoms with E-state index in [1.807, 2.05) is 0 Å². The van der Waals surface area contributed by atoms with Crippen molar-refractivity contribution in [1.29, 1.82) is 5.26 Å². The molecule has 2 nitrogen and oxygen atoms in total. The van der Waals surface area contributed by atoms with Crippen molar-refractivity contribution < 1.29 is 0 Å². The molecule has 0 amide bonds. The summed E-state index contributed by atoms with van der Waals surface area (Å²) in [4.78, 5) is 2.26. The van der Waals surface area contributed by atoms with Crippen molar-refractivity contribution in [1.82, 2.24) is 0 Å². The number of likely N-dealkylation sites (N-methyl/N-ethyl adjacent to an activating group) is 1. The monoisotopic (exact) mass is 260 g/mol. The molecular weight excluding hydrogens is 244 g/mol. The molecule has 0 N–H and O–H groups in total. The van der Waals surface area contributed by atoms with Crippen molar-refractivity contribution in [3.63, 3.8) is 0 Å². The molecule has 0 aromatic heterocycles. The summed E-state index contributed by atoms with van der Waals surface area (Å²) in [5, 5.41) is 9.53. The first-order valence-electron chi connectivity index (χ1n) is 6.46. The molecule has 1 saturated carbocycles. The third kappa shape index (κ3) is 1.29. The Hall–Kier alpha value is -1.20. The van der Waals surface area contributed by atoms with E-state index in [4.69, 9.17) is 11.6 Å². The molecule has 1 aromatic rings. The number of benzene rings is 1. The Morgan fingerprint density at radius 3 is 2.83 bits per heavy atom. The van der Waals surface area contributed by atoms with Crippen molar-refractivity contribution in [2.75, 3.05) is 11.9 Å². The molecule has 18 heavy (non-hydrogen) atoms. The van der Waals surface area contributed by atoms with Crippen LogP contribution in [-0.4, -0.2) is 18.5 Å². The minimum Gasteiger partial charge on any atom is -0.369 e. The fourth-order valence-electron chi connectivity index (χ4n) is 3.91. The standard InChI is InChI=1S/C15H17ClN2/c1-15-11-5-3-4-6-12(11)18(2)14(15)10(9-17)7-8-13(15)16/h3-6,10,13-14H,7-8H2,1-2H3/t10-,13-,14-,15+/m0/s1. The normalized spacial score (nSPS) is 37.9. The van der Waals surface area contributed by atoms with Crippen molar-refractivity contribution in [2.45, 2.75) is 36.6 Å². The van der Waals surface area contributed by atoms with E-state index >= 15 is 0 Å². The highest BCUT2D eigenvalue weighted by molar-refractivity contribution is 6.22. The summed E-state index contributed by atoms with van der Waals surface area (Å²) in [7, 11) is 2.09. The zero-order valence-corrected chi connectivity index (χ0v) is 11.5. The summed E-state index contributed by atoms with van der Waals surface area (Å²) < 4.78 is 0. The largest absolute Gasteiger partial charge is 0.369 e. The number of rotatable bonds is 0. The van der Waals surface area contributed by atoms with Crippen LogP contribution in [0, 0.1) is 17.2 Å². The van der Waals surface area contributed by atoms with Crippen LogP contribution in [0.15, 0.2) is 24.3 Å². The molecule has 1 aliphatic heterocycles. The molecule has 1 aliphatic carbocycles. The molecule has 0 saturated heterocycles. The number of hydrogen-bond acceptors (Lipinski definition) is 2. The first kappa shape index (κ1) is 11.9. The summed E-state index contributed by atoms with van der Waals surface area (Å²) in [6.45, 7) is 2.22. The number of fused-ring (bicyclic) bond motifs is 3. The quantitative estimate of drug-likeness (QED) is 0.669. The highest BCUT2D eigenvalue weighted by atomic mass is 35.5. The van der Waals surface area contributed by atoms with E-state index < -0.39 is 0 Å². The van der Waals surface area contributed by atoms with Gasteiger partial charge in [-0.2, -0.15) is 5.26 Å². The number of nitrogens with zero attached hydrogens (tertiary/aromatic N) is 2. The van der Waals surface area contributed by atoms with Gasteiger partial charge in [0.25, 0.3) is 0 Å².